The molecule has 0 bridgehead atoms. The van der Waals surface area contributed by atoms with Gasteiger partial charge in [0.05, 0.1) is 13.2 Å². The van der Waals surface area contributed by atoms with Crippen LogP contribution in [-0.2, 0) is 16.1 Å². The van der Waals surface area contributed by atoms with Gasteiger partial charge in [0.1, 0.15) is 0 Å². The van der Waals surface area contributed by atoms with Crippen molar-refractivity contribution in [3.05, 3.63) is 35.9 Å². The molecule has 2 unspecified atom stereocenters. The Hall–Kier alpha value is -1.39. The quantitative estimate of drug-likeness (QED) is 0.812. The molecule has 1 amide bonds. The molecule has 1 aromatic rings. The number of carbonyl (C=O) groups is 1. The van der Waals surface area contributed by atoms with Gasteiger partial charge in [-0.3, -0.25) is 4.79 Å². The summed E-state index contributed by atoms with van der Waals surface area (Å²) in [4.78, 5) is 12.3. The zero-order chi connectivity index (χ0) is 16.1. The molecule has 1 aliphatic carbocycles. The van der Waals surface area contributed by atoms with E-state index in [4.69, 9.17) is 4.74 Å². The Bertz CT molecular complexity index is 511. The van der Waals surface area contributed by atoms with Gasteiger partial charge in [-0.25, -0.2) is 0 Å². The van der Waals surface area contributed by atoms with Crippen LogP contribution in [0.4, 0.5) is 0 Å². The number of hydrogen-bond donors (Lipinski definition) is 2. The van der Waals surface area contributed by atoms with Crippen molar-refractivity contribution in [2.24, 2.45) is 17.3 Å². The van der Waals surface area contributed by atoms with E-state index in [0.717, 1.165) is 32.4 Å². The van der Waals surface area contributed by atoms with Crippen LogP contribution in [0, 0.1) is 17.3 Å². The molecule has 4 heteroatoms. The lowest BCUT2D eigenvalue weighted by atomic mass is 9.92. The van der Waals surface area contributed by atoms with E-state index >= 15 is 0 Å². The molecule has 1 saturated heterocycles. The van der Waals surface area contributed by atoms with Gasteiger partial charge in [0, 0.05) is 12.5 Å². The monoisotopic (exact) mass is 316 g/mol. The average molecular weight is 316 g/mol. The molecule has 126 valence electrons. The number of piperidine rings is 1. The molecule has 1 aliphatic heterocycles. The van der Waals surface area contributed by atoms with Gasteiger partial charge in [-0.2, -0.15) is 0 Å². The Balaban J connectivity index is 1.31. The average Bonchev–Trinajstić information content (AvgIpc) is 3.27. The van der Waals surface area contributed by atoms with Gasteiger partial charge >= 0.3 is 0 Å². The molecule has 23 heavy (non-hydrogen) atoms. The number of amides is 1. The topological polar surface area (TPSA) is 50.4 Å². The molecule has 2 aliphatic rings. The summed E-state index contributed by atoms with van der Waals surface area (Å²) in [6.07, 6.45) is 3.39. The van der Waals surface area contributed by atoms with Gasteiger partial charge in [-0.15, -0.1) is 0 Å². The molecule has 2 atom stereocenters. The van der Waals surface area contributed by atoms with Crippen LogP contribution in [0.5, 0.6) is 0 Å². The molecule has 2 fully saturated rings. The lowest BCUT2D eigenvalue weighted by Crippen LogP contribution is -2.35. The van der Waals surface area contributed by atoms with E-state index in [1.807, 2.05) is 18.2 Å². The predicted octanol–water partition coefficient (Wildman–Crippen LogP) is 2.35. The predicted molar refractivity (Wildman–Crippen MR) is 90.9 cm³/mol. The smallest absolute Gasteiger partial charge is 0.223 e. The van der Waals surface area contributed by atoms with Crippen molar-refractivity contribution in [3.63, 3.8) is 0 Å². The van der Waals surface area contributed by atoms with Crippen molar-refractivity contribution < 1.29 is 9.53 Å². The molecule has 3 rings (SSSR count). The summed E-state index contributed by atoms with van der Waals surface area (Å²) in [5.74, 6) is 0.842. The first kappa shape index (κ1) is 16.5. The van der Waals surface area contributed by atoms with Crippen LogP contribution in [-0.4, -0.2) is 32.1 Å². The SMILES string of the molecule is CC(CNC(=O)C1CC12CCNCC2)COCc1ccccc1. The summed E-state index contributed by atoms with van der Waals surface area (Å²) in [6, 6.07) is 10.2. The first-order valence-corrected chi connectivity index (χ1v) is 8.80. The van der Waals surface area contributed by atoms with Crippen LogP contribution in [0.25, 0.3) is 0 Å². The first-order chi connectivity index (χ1) is 11.2. The number of benzene rings is 1. The van der Waals surface area contributed by atoms with E-state index in [1.165, 1.54) is 5.56 Å². The Kier molecular flexibility index (Phi) is 5.34. The first-order valence-electron chi connectivity index (χ1n) is 8.80. The Morgan fingerprint density at radius 3 is 2.83 bits per heavy atom. The van der Waals surface area contributed by atoms with E-state index in [-0.39, 0.29) is 11.8 Å². The zero-order valence-electron chi connectivity index (χ0n) is 14.0. The molecule has 0 radical (unpaired) electrons. The van der Waals surface area contributed by atoms with Gasteiger partial charge < -0.3 is 15.4 Å². The molecule has 1 aromatic carbocycles. The standard InChI is InChI=1S/C19H28N2O2/c1-15(13-23-14-16-5-3-2-4-6-16)12-21-18(22)17-11-19(17)7-9-20-10-8-19/h2-6,15,17,20H,7-14H2,1H3,(H,21,22). The lowest BCUT2D eigenvalue weighted by Gasteiger charge is -2.23. The minimum atomic E-state index is 0.252. The van der Waals surface area contributed by atoms with Crippen molar-refractivity contribution in [1.82, 2.24) is 10.6 Å². The lowest BCUT2D eigenvalue weighted by molar-refractivity contribution is -0.123. The fraction of sp³-hybridized carbons (Fsp3) is 0.632. The van der Waals surface area contributed by atoms with Gasteiger partial charge in [-0.05, 0) is 49.2 Å². The Labute approximate surface area is 139 Å². The minimum absolute atomic E-state index is 0.252. The summed E-state index contributed by atoms with van der Waals surface area (Å²) in [6.45, 7) is 6.27. The van der Waals surface area contributed by atoms with Gasteiger partial charge in [-0.1, -0.05) is 37.3 Å². The molecular formula is C19H28N2O2. The van der Waals surface area contributed by atoms with Crippen molar-refractivity contribution in [2.45, 2.75) is 32.8 Å². The highest BCUT2D eigenvalue weighted by atomic mass is 16.5. The highest BCUT2D eigenvalue weighted by Gasteiger charge is 2.57. The fourth-order valence-electron chi connectivity index (χ4n) is 3.60. The largest absolute Gasteiger partial charge is 0.376 e. The van der Waals surface area contributed by atoms with Crippen LogP contribution in [0.15, 0.2) is 30.3 Å². The highest BCUT2D eigenvalue weighted by Crippen LogP contribution is 2.58. The molecule has 4 nitrogen and oxygen atoms in total. The van der Waals surface area contributed by atoms with Crippen LogP contribution < -0.4 is 10.6 Å². The van der Waals surface area contributed by atoms with Gasteiger partial charge in [0.15, 0.2) is 0 Å². The molecule has 1 saturated carbocycles. The van der Waals surface area contributed by atoms with Crippen molar-refractivity contribution in [1.29, 1.82) is 0 Å². The molecule has 2 N–H and O–H groups in total. The second-order valence-electron chi connectivity index (χ2n) is 7.22. The van der Waals surface area contributed by atoms with Crippen molar-refractivity contribution >= 4 is 5.91 Å². The third-order valence-corrected chi connectivity index (χ3v) is 5.24. The summed E-state index contributed by atoms with van der Waals surface area (Å²) in [7, 11) is 0. The van der Waals surface area contributed by atoms with E-state index in [9.17, 15) is 4.79 Å². The maximum atomic E-state index is 12.3. The van der Waals surface area contributed by atoms with Crippen molar-refractivity contribution in [3.8, 4) is 0 Å². The van der Waals surface area contributed by atoms with Crippen LogP contribution >= 0.6 is 0 Å². The molecular weight excluding hydrogens is 288 g/mol. The fourth-order valence-corrected chi connectivity index (χ4v) is 3.60. The second-order valence-corrected chi connectivity index (χ2v) is 7.22. The maximum Gasteiger partial charge on any atom is 0.223 e. The molecule has 1 heterocycles. The van der Waals surface area contributed by atoms with E-state index in [2.05, 4.69) is 29.7 Å². The van der Waals surface area contributed by atoms with Crippen LogP contribution in [0.3, 0.4) is 0 Å². The number of rotatable bonds is 7. The van der Waals surface area contributed by atoms with E-state index in [0.29, 0.717) is 31.1 Å². The maximum absolute atomic E-state index is 12.3. The Morgan fingerprint density at radius 2 is 2.09 bits per heavy atom. The summed E-state index contributed by atoms with van der Waals surface area (Å²) in [5.41, 5.74) is 1.51. The van der Waals surface area contributed by atoms with E-state index in [1.54, 1.807) is 0 Å². The number of nitrogens with one attached hydrogen (secondary N) is 2. The van der Waals surface area contributed by atoms with Gasteiger partial charge in [0.25, 0.3) is 0 Å². The summed E-state index contributed by atoms with van der Waals surface area (Å²) in [5, 5.41) is 6.50. The summed E-state index contributed by atoms with van der Waals surface area (Å²) >= 11 is 0. The number of carbonyl (C=O) groups excluding carboxylic acids is 1. The molecule has 1 spiro atoms. The van der Waals surface area contributed by atoms with Gasteiger partial charge in [0.2, 0.25) is 5.91 Å². The zero-order valence-corrected chi connectivity index (χ0v) is 14.0. The highest BCUT2D eigenvalue weighted by molar-refractivity contribution is 5.82. The van der Waals surface area contributed by atoms with E-state index < -0.39 is 0 Å². The third-order valence-electron chi connectivity index (χ3n) is 5.24. The minimum Gasteiger partial charge on any atom is -0.376 e. The normalized spacial score (nSPS) is 23.4. The summed E-state index contributed by atoms with van der Waals surface area (Å²) < 4.78 is 5.74. The third kappa shape index (κ3) is 4.33. The molecule has 0 aromatic heterocycles. The van der Waals surface area contributed by atoms with Crippen molar-refractivity contribution in [2.75, 3.05) is 26.2 Å². The van der Waals surface area contributed by atoms with Crippen LogP contribution in [0.2, 0.25) is 0 Å². The van der Waals surface area contributed by atoms with Crippen LogP contribution in [0.1, 0.15) is 31.7 Å². The Morgan fingerprint density at radius 1 is 1.35 bits per heavy atom. The number of ether oxygens (including phenoxy) is 1. The second kappa shape index (κ2) is 7.45. The number of hydrogen-bond acceptors (Lipinski definition) is 3.